The summed E-state index contributed by atoms with van der Waals surface area (Å²) in [4.78, 5) is 24.9. The van der Waals surface area contributed by atoms with E-state index in [-0.39, 0.29) is 18.2 Å². The molecule has 0 unspecified atom stereocenters. The quantitative estimate of drug-likeness (QED) is 0.607. The Morgan fingerprint density at radius 2 is 1.25 bits per heavy atom. The van der Waals surface area contributed by atoms with E-state index < -0.39 is 12.1 Å². The van der Waals surface area contributed by atoms with Crippen LogP contribution in [0.3, 0.4) is 0 Å². The number of carbonyl (C=O) groups excluding carboxylic acids is 2. The number of benzene rings is 3. The fourth-order valence-corrected chi connectivity index (χ4v) is 3.03. The first-order valence-electron chi connectivity index (χ1n) is 9.29. The van der Waals surface area contributed by atoms with Gasteiger partial charge in [-0.05, 0) is 30.2 Å². The van der Waals surface area contributed by atoms with Gasteiger partial charge < -0.3 is 10.1 Å². The summed E-state index contributed by atoms with van der Waals surface area (Å²) in [6.45, 7) is 1.58. The van der Waals surface area contributed by atoms with Crippen molar-refractivity contribution in [2.24, 2.45) is 0 Å². The largest absolute Gasteiger partial charge is 0.453 e. The number of para-hydroxylation sites is 1. The Balaban J connectivity index is 1.66. The molecule has 28 heavy (non-hydrogen) atoms. The molecule has 0 aromatic heterocycles. The molecule has 0 bridgehead atoms. The molecule has 4 nitrogen and oxygen atoms in total. The summed E-state index contributed by atoms with van der Waals surface area (Å²) < 4.78 is 5.41. The van der Waals surface area contributed by atoms with E-state index in [2.05, 4.69) is 5.32 Å². The van der Waals surface area contributed by atoms with Crippen LogP contribution in [-0.4, -0.2) is 18.0 Å². The summed E-state index contributed by atoms with van der Waals surface area (Å²) in [6.07, 6.45) is -0.711. The lowest BCUT2D eigenvalue weighted by molar-refractivity contribution is -0.153. The third-order valence-corrected chi connectivity index (χ3v) is 4.49. The lowest BCUT2D eigenvalue weighted by Crippen LogP contribution is -2.30. The molecule has 0 radical (unpaired) electrons. The topological polar surface area (TPSA) is 55.4 Å². The van der Waals surface area contributed by atoms with Crippen LogP contribution in [0.15, 0.2) is 91.0 Å². The first-order valence-corrected chi connectivity index (χ1v) is 9.29. The number of esters is 1. The van der Waals surface area contributed by atoms with Crippen LogP contribution in [0, 0.1) is 0 Å². The normalized spacial score (nSPS) is 11.6. The third-order valence-electron chi connectivity index (χ3n) is 4.49. The summed E-state index contributed by atoms with van der Waals surface area (Å²) in [5.41, 5.74) is 2.74. The van der Waals surface area contributed by atoms with Gasteiger partial charge in [-0.3, -0.25) is 9.59 Å². The van der Waals surface area contributed by atoms with Crippen molar-refractivity contribution in [2.45, 2.75) is 25.4 Å². The number of ether oxygens (including phenoxy) is 1. The maximum absolute atomic E-state index is 12.6. The predicted molar refractivity (Wildman–Crippen MR) is 110 cm³/mol. The van der Waals surface area contributed by atoms with E-state index in [0.29, 0.717) is 5.69 Å². The molecule has 1 amide bonds. The van der Waals surface area contributed by atoms with E-state index in [1.54, 1.807) is 19.1 Å². The zero-order valence-corrected chi connectivity index (χ0v) is 15.7. The average Bonchev–Trinajstić information content (AvgIpc) is 2.74. The van der Waals surface area contributed by atoms with Gasteiger partial charge in [0.05, 0.1) is 6.42 Å². The maximum atomic E-state index is 12.6. The van der Waals surface area contributed by atoms with E-state index in [0.717, 1.165) is 11.1 Å². The van der Waals surface area contributed by atoms with Crippen molar-refractivity contribution in [1.29, 1.82) is 0 Å². The minimum atomic E-state index is -0.875. The zero-order valence-electron chi connectivity index (χ0n) is 15.7. The van der Waals surface area contributed by atoms with Crippen LogP contribution in [-0.2, 0) is 14.3 Å². The Labute approximate surface area is 165 Å². The van der Waals surface area contributed by atoms with Crippen LogP contribution in [0.5, 0.6) is 0 Å². The third kappa shape index (κ3) is 5.30. The lowest BCUT2D eigenvalue weighted by atomic mass is 9.88. The standard InChI is InChI=1S/C24H23NO3/c1-18(24(27)25-21-15-9-4-10-16-21)28-23(26)17-22(19-11-5-2-6-12-19)20-13-7-3-8-14-20/h2-16,18,22H,17H2,1H3,(H,25,27)/t18-/m0/s1. The molecular weight excluding hydrogens is 350 g/mol. The van der Waals surface area contributed by atoms with Crippen LogP contribution in [0.2, 0.25) is 0 Å². The van der Waals surface area contributed by atoms with Gasteiger partial charge in [0.15, 0.2) is 6.10 Å². The summed E-state index contributed by atoms with van der Waals surface area (Å²) in [6, 6.07) is 28.8. The fourth-order valence-electron chi connectivity index (χ4n) is 3.03. The molecule has 0 spiro atoms. The van der Waals surface area contributed by atoms with E-state index in [1.165, 1.54) is 0 Å². The molecule has 0 fully saturated rings. The van der Waals surface area contributed by atoms with Crippen LogP contribution in [0.4, 0.5) is 5.69 Å². The number of rotatable bonds is 7. The number of hydrogen-bond donors (Lipinski definition) is 1. The molecule has 3 rings (SSSR count). The second-order valence-corrected chi connectivity index (χ2v) is 6.57. The molecule has 4 heteroatoms. The molecule has 3 aromatic carbocycles. The van der Waals surface area contributed by atoms with E-state index in [9.17, 15) is 9.59 Å². The maximum Gasteiger partial charge on any atom is 0.307 e. The van der Waals surface area contributed by atoms with Gasteiger partial charge in [-0.1, -0.05) is 78.9 Å². The molecule has 1 N–H and O–H groups in total. The van der Waals surface area contributed by atoms with Gasteiger partial charge in [0, 0.05) is 11.6 Å². The summed E-state index contributed by atoms with van der Waals surface area (Å²) in [5.74, 6) is -0.886. The van der Waals surface area contributed by atoms with Gasteiger partial charge in [-0.2, -0.15) is 0 Å². The van der Waals surface area contributed by atoms with E-state index in [4.69, 9.17) is 4.74 Å². The molecule has 0 aliphatic heterocycles. The fraction of sp³-hybridized carbons (Fsp3) is 0.167. The molecule has 3 aromatic rings. The Morgan fingerprint density at radius 3 is 1.75 bits per heavy atom. The molecule has 0 aliphatic rings. The highest BCUT2D eigenvalue weighted by Gasteiger charge is 2.23. The van der Waals surface area contributed by atoms with Crippen molar-refractivity contribution in [3.8, 4) is 0 Å². The summed E-state index contributed by atoms with van der Waals surface area (Å²) >= 11 is 0. The molecule has 0 heterocycles. The van der Waals surface area contributed by atoms with Crippen molar-refractivity contribution < 1.29 is 14.3 Å². The Kier molecular flexibility index (Phi) is 6.58. The Morgan fingerprint density at radius 1 is 0.786 bits per heavy atom. The highest BCUT2D eigenvalue weighted by Crippen LogP contribution is 2.28. The average molecular weight is 373 g/mol. The van der Waals surface area contributed by atoms with Gasteiger partial charge in [0.1, 0.15) is 0 Å². The number of anilines is 1. The monoisotopic (exact) mass is 373 g/mol. The SMILES string of the molecule is C[C@H](OC(=O)CC(c1ccccc1)c1ccccc1)C(=O)Nc1ccccc1. The zero-order chi connectivity index (χ0) is 19.8. The van der Waals surface area contributed by atoms with Gasteiger partial charge >= 0.3 is 5.97 Å². The van der Waals surface area contributed by atoms with Crippen LogP contribution < -0.4 is 5.32 Å². The second kappa shape index (κ2) is 9.51. The van der Waals surface area contributed by atoms with Gasteiger partial charge in [-0.15, -0.1) is 0 Å². The van der Waals surface area contributed by atoms with Gasteiger partial charge in [0.25, 0.3) is 5.91 Å². The lowest BCUT2D eigenvalue weighted by Gasteiger charge is -2.19. The highest BCUT2D eigenvalue weighted by molar-refractivity contribution is 5.95. The first kappa shape index (κ1) is 19.4. The van der Waals surface area contributed by atoms with Crippen molar-refractivity contribution in [3.63, 3.8) is 0 Å². The predicted octanol–water partition coefficient (Wildman–Crippen LogP) is 4.78. The van der Waals surface area contributed by atoms with Crippen molar-refractivity contribution in [2.75, 3.05) is 5.32 Å². The number of amides is 1. The molecule has 0 saturated heterocycles. The highest BCUT2D eigenvalue weighted by atomic mass is 16.5. The first-order chi connectivity index (χ1) is 13.6. The molecule has 0 saturated carbocycles. The minimum Gasteiger partial charge on any atom is -0.453 e. The minimum absolute atomic E-state index is 0.126. The van der Waals surface area contributed by atoms with Crippen molar-refractivity contribution in [1.82, 2.24) is 0 Å². The number of carbonyl (C=O) groups is 2. The van der Waals surface area contributed by atoms with Crippen LogP contribution >= 0.6 is 0 Å². The van der Waals surface area contributed by atoms with Crippen LogP contribution in [0.25, 0.3) is 0 Å². The van der Waals surface area contributed by atoms with Crippen molar-refractivity contribution in [3.05, 3.63) is 102 Å². The van der Waals surface area contributed by atoms with Gasteiger partial charge in [-0.25, -0.2) is 0 Å². The summed E-state index contributed by atoms with van der Waals surface area (Å²) in [5, 5.41) is 2.75. The molecule has 142 valence electrons. The van der Waals surface area contributed by atoms with Crippen LogP contribution in [0.1, 0.15) is 30.4 Å². The smallest absolute Gasteiger partial charge is 0.307 e. The number of nitrogens with one attached hydrogen (secondary N) is 1. The Bertz CT molecular complexity index is 855. The molecule has 1 atom stereocenters. The van der Waals surface area contributed by atoms with Gasteiger partial charge in [0.2, 0.25) is 0 Å². The molecular formula is C24H23NO3. The van der Waals surface area contributed by atoms with E-state index >= 15 is 0 Å². The molecule has 0 aliphatic carbocycles. The number of hydrogen-bond acceptors (Lipinski definition) is 3. The van der Waals surface area contributed by atoms with Crippen molar-refractivity contribution >= 4 is 17.6 Å². The summed E-state index contributed by atoms with van der Waals surface area (Å²) in [7, 11) is 0. The Hall–Kier alpha value is -3.40. The second-order valence-electron chi connectivity index (χ2n) is 6.57. The van der Waals surface area contributed by atoms with E-state index in [1.807, 2.05) is 78.9 Å².